The molecule has 0 atom stereocenters. The zero-order valence-electron chi connectivity index (χ0n) is 10.1. The molecule has 0 aliphatic carbocycles. The van der Waals surface area contributed by atoms with Gasteiger partial charge in [0.1, 0.15) is 0 Å². The number of carbonyl (C=O) groups excluding carboxylic acids is 1. The second-order valence-corrected chi connectivity index (χ2v) is 5.63. The Morgan fingerprint density at radius 3 is 2.56 bits per heavy atom. The second-order valence-electron chi connectivity index (χ2n) is 4.82. The van der Waals surface area contributed by atoms with Crippen LogP contribution in [0.25, 0.3) is 0 Å². The predicted octanol–water partition coefficient (Wildman–Crippen LogP) is 2.46. The Morgan fingerprint density at radius 2 is 2.11 bits per heavy atom. The van der Waals surface area contributed by atoms with Crippen LogP contribution in [0.4, 0.5) is 0 Å². The van der Waals surface area contributed by atoms with E-state index in [9.17, 15) is 4.79 Å². The summed E-state index contributed by atoms with van der Waals surface area (Å²) in [4.78, 5) is 14.4. The van der Waals surface area contributed by atoms with Crippen molar-refractivity contribution in [3.8, 4) is 0 Å². The van der Waals surface area contributed by atoms with Gasteiger partial charge in [0.15, 0.2) is 11.0 Å². The smallest absolute Gasteiger partial charge is 0.289 e. The molecule has 6 heteroatoms. The molecule has 1 amide bonds. The van der Waals surface area contributed by atoms with E-state index < -0.39 is 0 Å². The van der Waals surface area contributed by atoms with Crippen LogP contribution < -0.4 is 5.73 Å². The normalized spacial score (nSPS) is 18.7. The summed E-state index contributed by atoms with van der Waals surface area (Å²) in [6.07, 6.45) is 1.56. The Morgan fingerprint density at radius 1 is 1.50 bits per heavy atom. The standard InChI is InChI=1S/C12H15ClN2O2S/c1-12(11(14)18)4-6-15(7-5-12)10(16)8-2-3-9(13)17-8/h2-3H,4-7H2,1H3,(H2,14,18). The van der Waals surface area contributed by atoms with Gasteiger partial charge in [0.05, 0.1) is 4.99 Å². The van der Waals surface area contributed by atoms with E-state index >= 15 is 0 Å². The minimum absolute atomic E-state index is 0.133. The average Bonchev–Trinajstić information content (AvgIpc) is 2.76. The summed E-state index contributed by atoms with van der Waals surface area (Å²) < 4.78 is 5.12. The Balaban J connectivity index is 2.02. The third-order valence-corrected chi connectivity index (χ3v) is 4.23. The van der Waals surface area contributed by atoms with Crippen molar-refractivity contribution < 1.29 is 9.21 Å². The molecule has 1 fully saturated rings. The summed E-state index contributed by atoms with van der Waals surface area (Å²) in [6.45, 7) is 3.30. The largest absolute Gasteiger partial charge is 0.440 e. The molecule has 0 aromatic carbocycles. The Labute approximate surface area is 116 Å². The number of nitrogens with zero attached hydrogens (tertiary/aromatic N) is 1. The number of nitrogens with two attached hydrogens (primary N) is 1. The van der Waals surface area contributed by atoms with Gasteiger partial charge in [-0.3, -0.25) is 4.79 Å². The summed E-state index contributed by atoms with van der Waals surface area (Å²) in [6, 6.07) is 3.16. The molecule has 0 spiro atoms. The van der Waals surface area contributed by atoms with Crippen molar-refractivity contribution in [2.75, 3.05) is 13.1 Å². The number of thiocarbonyl (C=S) groups is 1. The highest BCUT2D eigenvalue weighted by atomic mass is 35.5. The summed E-state index contributed by atoms with van der Waals surface area (Å²) in [5.74, 6) is 0.144. The zero-order valence-corrected chi connectivity index (χ0v) is 11.7. The monoisotopic (exact) mass is 286 g/mol. The van der Waals surface area contributed by atoms with Gasteiger partial charge in [-0.15, -0.1) is 0 Å². The number of rotatable bonds is 2. The first-order chi connectivity index (χ1) is 8.42. The fourth-order valence-corrected chi connectivity index (χ4v) is 2.39. The summed E-state index contributed by atoms with van der Waals surface area (Å²) >= 11 is 10.7. The molecule has 2 heterocycles. The van der Waals surface area contributed by atoms with Crippen LogP contribution in [0.15, 0.2) is 16.5 Å². The fraction of sp³-hybridized carbons (Fsp3) is 0.500. The average molecular weight is 287 g/mol. The Kier molecular flexibility index (Phi) is 3.64. The van der Waals surface area contributed by atoms with Crippen molar-refractivity contribution >= 4 is 34.7 Å². The van der Waals surface area contributed by atoms with Crippen molar-refractivity contribution in [1.82, 2.24) is 4.90 Å². The number of carbonyl (C=O) groups is 1. The maximum Gasteiger partial charge on any atom is 0.289 e. The van der Waals surface area contributed by atoms with E-state index in [2.05, 4.69) is 0 Å². The number of hydrogen-bond acceptors (Lipinski definition) is 3. The SMILES string of the molecule is CC1(C(N)=S)CCN(C(=O)c2ccc(Cl)o2)CC1. The molecular formula is C12H15ClN2O2S. The van der Waals surface area contributed by atoms with Gasteiger partial charge in [-0.05, 0) is 36.6 Å². The minimum Gasteiger partial charge on any atom is -0.440 e. The second kappa shape index (κ2) is 4.90. The maximum absolute atomic E-state index is 12.1. The van der Waals surface area contributed by atoms with E-state index in [0.717, 1.165) is 12.8 Å². The maximum atomic E-state index is 12.1. The predicted molar refractivity (Wildman–Crippen MR) is 73.7 cm³/mol. The molecule has 0 saturated carbocycles. The molecule has 1 aliphatic rings. The molecule has 18 heavy (non-hydrogen) atoms. The lowest BCUT2D eigenvalue weighted by atomic mass is 9.80. The van der Waals surface area contributed by atoms with E-state index in [1.807, 2.05) is 6.92 Å². The topological polar surface area (TPSA) is 59.5 Å². The van der Waals surface area contributed by atoms with Gasteiger partial charge in [0.25, 0.3) is 5.91 Å². The van der Waals surface area contributed by atoms with Gasteiger partial charge in [0, 0.05) is 18.5 Å². The van der Waals surface area contributed by atoms with E-state index in [4.69, 9.17) is 34.0 Å². The lowest BCUT2D eigenvalue weighted by Gasteiger charge is -2.38. The van der Waals surface area contributed by atoms with Crippen molar-refractivity contribution in [2.45, 2.75) is 19.8 Å². The molecular weight excluding hydrogens is 272 g/mol. The summed E-state index contributed by atoms with van der Waals surface area (Å²) in [5, 5.41) is 0.225. The molecule has 2 rings (SSSR count). The van der Waals surface area contributed by atoms with Gasteiger partial charge in [-0.1, -0.05) is 19.1 Å². The zero-order chi connectivity index (χ0) is 13.3. The van der Waals surface area contributed by atoms with E-state index in [0.29, 0.717) is 18.1 Å². The van der Waals surface area contributed by atoms with Crippen molar-refractivity contribution in [3.63, 3.8) is 0 Å². The van der Waals surface area contributed by atoms with Crippen LogP contribution in [-0.4, -0.2) is 28.9 Å². The van der Waals surface area contributed by atoms with Crippen molar-refractivity contribution in [3.05, 3.63) is 23.1 Å². The first kappa shape index (κ1) is 13.4. The first-order valence-corrected chi connectivity index (χ1v) is 6.55. The number of furan rings is 1. The third kappa shape index (κ3) is 2.52. The molecule has 4 nitrogen and oxygen atoms in total. The minimum atomic E-state index is -0.146. The molecule has 1 saturated heterocycles. The van der Waals surface area contributed by atoms with Crippen LogP contribution in [0, 0.1) is 5.41 Å². The number of hydrogen-bond donors (Lipinski definition) is 1. The fourth-order valence-electron chi connectivity index (χ4n) is 2.03. The molecule has 1 aliphatic heterocycles. The molecule has 1 aromatic rings. The molecule has 98 valence electrons. The van der Waals surface area contributed by atoms with E-state index in [1.54, 1.807) is 17.0 Å². The van der Waals surface area contributed by atoms with Gasteiger partial charge in [-0.25, -0.2) is 0 Å². The lowest BCUT2D eigenvalue weighted by molar-refractivity contribution is 0.0638. The quantitative estimate of drug-likeness (QED) is 0.849. The van der Waals surface area contributed by atoms with E-state index in [1.165, 1.54) is 0 Å². The Bertz CT molecular complexity index is 478. The third-order valence-electron chi connectivity index (χ3n) is 3.53. The van der Waals surface area contributed by atoms with Crippen LogP contribution >= 0.6 is 23.8 Å². The van der Waals surface area contributed by atoms with Crippen LogP contribution in [0.5, 0.6) is 0 Å². The molecule has 0 radical (unpaired) electrons. The lowest BCUT2D eigenvalue weighted by Crippen LogP contribution is -2.46. The first-order valence-electron chi connectivity index (χ1n) is 5.77. The highest BCUT2D eigenvalue weighted by Crippen LogP contribution is 2.31. The Hall–Kier alpha value is -1.07. The number of halogens is 1. The van der Waals surface area contributed by atoms with Gasteiger partial charge in [-0.2, -0.15) is 0 Å². The molecule has 0 bridgehead atoms. The van der Waals surface area contributed by atoms with Gasteiger partial charge in [0.2, 0.25) is 0 Å². The van der Waals surface area contributed by atoms with Crippen molar-refractivity contribution in [1.29, 1.82) is 0 Å². The highest BCUT2D eigenvalue weighted by Gasteiger charge is 2.34. The van der Waals surface area contributed by atoms with Crippen molar-refractivity contribution in [2.24, 2.45) is 11.1 Å². The summed E-state index contributed by atoms with van der Waals surface area (Å²) in [7, 11) is 0. The number of amides is 1. The van der Waals surface area contributed by atoms with Crippen LogP contribution in [0.3, 0.4) is 0 Å². The molecule has 0 unspecified atom stereocenters. The summed E-state index contributed by atoms with van der Waals surface area (Å²) in [5.41, 5.74) is 5.58. The highest BCUT2D eigenvalue weighted by molar-refractivity contribution is 7.80. The van der Waals surface area contributed by atoms with E-state index in [-0.39, 0.29) is 22.3 Å². The van der Waals surface area contributed by atoms with Gasteiger partial charge >= 0.3 is 0 Å². The van der Waals surface area contributed by atoms with Crippen LogP contribution in [-0.2, 0) is 0 Å². The molecule has 1 aromatic heterocycles. The van der Waals surface area contributed by atoms with Crippen LogP contribution in [0.2, 0.25) is 5.22 Å². The number of piperidine rings is 1. The van der Waals surface area contributed by atoms with Crippen LogP contribution in [0.1, 0.15) is 30.3 Å². The number of likely N-dealkylation sites (tertiary alicyclic amines) is 1. The molecule has 2 N–H and O–H groups in total. The van der Waals surface area contributed by atoms with Gasteiger partial charge < -0.3 is 15.1 Å².